The number of halogens is 2. The number of nitrogens with zero attached hydrogens (tertiary/aromatic N) is 3. The van der Waals surface area contributed by atoms with Crippen molar-refractivity contribution in [3.05, 3.63) is 123 Å². The zero-order valence-corrected chi connectivity index (χ0v) is 29.2. The van der Waals surface area contributed by atoms with Gasteiger partial charge in [0.05, 0.1) is 34.8 Å². The number of para-hydroxylation sites is 1. The topological polar surface area (TPSA) is 103 Å². The summed E-state index contributed by atoms with van der Waals surface area (Å²) >= 11 is 7.64. The number of anilines is 1. The second-order valence-corrected chi connectivity index (χ2v) is 14.6. The molecule has 0 aliphatic carbocycles. The summed E-state index contributed by atoms with van der Waals surface area (Å²) in [6.45, 7) is 5.09. The first-order valence-electron chi connectivity index (χ1n) is 16.6. The number of aromatic amines is 1. The molecule has 5 heterocycles. The van der Waals surface area contributed by atoms with Gasteiger partial charge in [-0.05, 0) is 92.2 Å². The van der Waals surface area contributed by atoms with Crippen molar-refractivity contribution in [2.24, 2.45) is 0 Å². The minimum atomic E-state index is -1.34. The highest BCUT2D eigenvalue weighted by Gasteiger charge is 2.42. The molecule has 3 aromatic heterocycles. The molecule has 7 aromatic rings. The first-order chi connectivity index (χ1) is 24.7. The molecule has 2 N–H and O–H groups in total. The lowest BCUT2D eigenvalue weighted by molar-refractivity contribution is -0.0705. The zero-order chi connectivity index (χ0) is 34.9. The van der Waals surface area contributed by atoms with Gasteiger partial charge < -0.3 is 24.1 Å². The highest BCUT2D eigenvalue weighted by Crippen LogP contribution is 2.50. The highest BCUT2D eigenvalue weighted by molar-refractivity contribution is 7.15. The minimum absolute atomic E-state index is 0.129. The van der Waals surface area contributed by atoms with Crippen molar-refractivity contribution in [1.29, 1.82) is 0 Å². The molecule has 51 heavy (non-hydrogen) atoms. The molecule has 0 saturated carbocycles. The predicted octanol–water partition coefficient (Wildman–Crippen LogP) is 9.02. The van der Waals surface area contributed by atoms with E-state index in [2.05, 4.69) is 32.2 Å². The van der Waals surface area contributed by atoms with E-state index in [4.69, 9.17) is 30.8 Å². The molecule has 256 valence electrons. The normalized spacial score (nSPS) is 18.0. The van der Waals surface area contributed by atoms with E-state index in [1.165, 1.54) is 6.07 Å². The second-order valence-electron chi connectivity index (χ2n) is 13.0. The van der Waals surface area contributed by atoms with Crippen molar-refractivity contribution in [3.8, 4) is 21.9 Å². The van der Waals surface area contributed by atoms with Crippen LogP contribution in [-0.2, 0) is 23.5 Å². The van der Waals surface area contributed by atoms with Gasteiger partial charge in [0.25, 0.3) is 11.7 Å². The van der Waals surface area contributed by atoms with E-state index >= 15 is 0 Å². The van der Waals surface area contributed by atoms with E-state index in [0.717, 1.165) is 61.8 Å². The Morgan fingerprint density at radius 3 is 2.78 bits per heavy atom. The Labute approximate surface area is 300 Å². The molecule has 0 bridgehead atoms. The third-order valence-electron chi connectivity index (χ3n) is 9.53. The molecule has 4 aromatic carbocycles. The summed E-state index contributed by atoms with van der Waals surface area (Å²) in [5.74, 6) is -0.0300. The van der Waals surface area contributed by atoms with Crippen LogP contribution in [0.15, 0.2) is 84.9 Å². The Morgan fingerprint density at radius 2 is 1.96 bits per heavy atom. The van der Waals surface area contributed by atoms with Crippen LogP contribution in [0.3, 0.4) is 0 Å². The molecule has 1 amide bonds. The number of fused-ring (bicyclic) bond motifs is 3. The van der Waals surface area contributed by atoms with Crippen LogP contribution >= 0.6 is 22.9 Å². The zero-order valence-electron chi connectivity index (χ0n) is 27.6. The standard InChI is InChI=1S/C39H31ClFN5O4S/c1-21-28-16-22(6-11-31(28)45-44-21)38(47)42-24-8-12-33-32(18-24)43-36(46(33)20-25-14-15-48-25)19-26-9-13-35(51-26)27-4-3-5-34-37(27)50-39(2,49-34)29-10-7-23(40)17-30(29)41/h3-13,16-18,25H,14-15,19-20H2,1-2H3,(H,42,47)(H,44,45)/t25-,39?/m0/s1. The minimum Gasteiger partial charge on any atom is -0.444 e. The number of rotatable bonds is 8. The van der Waals surface area contributed by atoms with E-state index in [0.29, 0.717) is 40.7 Å². The lowest BCUT2D eigenvalue weighted by Crippen LogP contribution is -2.32. The number of benzene rings is 4. The molecule has 0 spiro atoms. The number of imidazole rings is 1. The highest BCUT2D eigenvalue weighted by atomic mass is 35.5. The van der Waals surface area contributed by atoms with Crippen LogP contribution < -0.4 is 14.8 Å². The van der Waals surface area contributed by atoms with Crippen LogP contribution in [-0.4, -0.2) is 38.4 Å². The number of carbonyl (C=O) groups excluding carboxylic acids is 1. The summed E-state index contributed by atoms with van der Waals surface area (Å²) in [6, 6.07) is 25.7. The number of hydrogen-bond donors (Lipinski definition) is 2. The van der Waals surface area contributed by atoms with Gasteiger partial charge in [-0.2, -0.15) is 5.10 Å². The third-order valence-corrected chi connectivity index (χ3v) is 10.9. The van der Waals surface area contributed by atoms with Crippen LogP contribution in [0.25, 0.3) is 32.4 Å². The fourth-order valence-electron chi connectivity index (χ4n) is 6.77. The average Bonchev–Trinajstić information content (AvgIpc) is 3.87. The first kappa shape index (κ1) is 31.7. The molecular formula is C39H31ClFN5O4S. The summed E-state index contributed by atoms with van der Waals surface area (Å²) < 4.78 is 35.5. The second kappa shape index (κ2) is 12.2. The van der Waals surface area contributed by atoms with Crippen LogP contribution in [0.1, 0.15) is 45.7 Å². The van der Waals surface area contributed by atoms with E-state index < -0.39 is 11.6 Å². The van der Waals surface area contributed by atoms with Crippen LogP contribution in [0, 0.1) is 12.7 Å². The van der Waals surface area contributed by atoms with Gasteiger partial charge in [-0.1, -0.05) is 17.7 Å². The summed E-state index contributed by atoms with van der Waals surface area (Å²) in [7, 11) is 0. The van der Waals surface area contributed by atoms with E-state index in [1.54, 1.807) is 36.5 Å². The average molecular weight is 720 g/mol. The van der Waals surface area contributed by atoms with Crippen molar-refractivity contribution in [2.75, 3.05) is 11.9 Å². The maximum absolute atomic E-state index is 14.9. The van der Waals surface area contributed by atoms with Crippen LogP contribution in [0.5, 0.6) is 11.5 Å². The van der Waals surface area contributed by atoms with Crippen molar-refractivity contribution >= 4 is 56.5 Å². The molecule has 0 radical (unpaired) electrons. The number of nitrogens with one attached hydrogen (secondary N) is 2. The van der Waals surface area contributed by atoms with Crippen molar-refractivity contribution in [1.82, 2.24) is 19.7 Å². The maximum atomic E-state index is 14.9. The number of hydrogen-bond acceptors (Lipinski definition) is 7. The number of carbonyl (C=O) groups is 1. The van der Waals surface area contributed by atoms with E-state index in [9.17, 15) is 9.18 Å². The summed E-state index contributed by atoms with van der Waals surface area (Å²) in [6.07, 6.45) is 1.72. The Kier molecular flexibility index (Phi) is 7.60. The predicted molar refractivity (Wildman–Crippen MR) is 195 cm³/mol. The van der Waals surface area contributed by atoms with Gasteiger partial charge in [0.15, 0.2) is 11.5 Å². The van der Waals surface area contributed by atoms with E-state index in [-0.39, 0.29) is 17.6 Å². The lowest BCUT2D eigenvalue weighted by atomic mass is 10.1. The van der Waals surface area contributed by atoms with E-state index in [1.807, 2.05) is 55.5 Å². The largest absolute Gasteiger partial charge is 0.444 e. The van der Waals surface area contributed by atoms with Crippen LogP contribution in [0.2, 0.25) is 5.02 Å². The number of aryl methyl sites for hydroxylation is 1. The van der Waals surface area contributed by atoms with Gasteiger partial charge >= 0.3 is 0 Å². The van der Waals surface area contributed by atoms with Gasteiger partial charge in [-0.15, -0.1) is 11.3 Å². The molecule has 9 nitrogen and oxygen atoms in total. The quantitative estimate of drug-likeness (QED) is 0.163. The Hall–Kier alpha value is -5.23. The van der Waals surface area contributed by atoms with Crippen molar-refractivity contribution in [2.45, 2.75) is 45.1 Å². The van der Waals surface area contributed by atoms with Gasteiger partial charge in [0, 0.05) is 62.6 Å². The molecular weight excluding hydrogens is 689 g/mol. The monoisotopic (exact) mass is 719 g/mol. The summed E-state index contributed by atoms with van der Waals surface area (Å²) in [5, 5.41) is 11.5. The summed E-state index contributed by atoms with van der Waals surface area (Å²) in [4.78, 5) is 20.4. The van der Waals surface area contributed by atoms with Gasteiger partial charge in [-0.25, -0.2) is 9.37 Å². The Balaban J connectivity index is 0.988. The fourth-order valence-corrected chi connectivity index (χ4v) is 7.96. The van der Waals surface area contributed by atoms with Crippen molar-refractivity contribution in [3.63, 3.8) is 0 Å². The number of H-pyrrole nitrogens is 1. The molecule has 1 fully saturated rings. The lowest BCUT2D eigenvalue weighted by Gasteiger charge is -2.27. The van der Waals surface area contributed by atoms with Gasteiger partial charge in [0.1, 0.15) is 11.6 Å². The third kappa shape index (κ3) is 5.71. The summed E-state index contributed by atoms with van der Waals surface area (Å²) in [5.41, 5.74) is 5.85. The molecule has 1 saturated heterocycles. The Morgan fingerprint density at radius 1 is 1.08 bits per heavy atom. The molecule has 2 aliphatic rings. The molecule has 2 aliphatic heterocycles. The number of amides is 1. The smallest absolute Gasteiger partial charge is 0.278 e. The van der Waals surface area contributed by atoms with Crippen molar-refractivity contribution < 1.29 is 23.4 Å². The van der Waals surface area contributed by atoms with Gasteiger partial charge in [-0.3, -0.25) is 9.89 Å². The molecule has 9 rings (SSSR count). The fraction of sp³-hybridized carbons (Fsp3) is 0.205. The maximum Gasteiger partial charge on any atom is 0.278 e. The SMILES string of the molecule is Cc1[nH]nc2ccc(C(=O)Nc3ccc4c(c3)nc(Cc3ccc(-c5cccc6c5OC(C)(c5ccc(Cl)cc5F)O6)s3)n4C[C@@H]3CCO3)cc12. The Bertz CT molecular complexity index is 2500. The van der Waals surface area contributed by atoms with Crippen LogP contribution in [0.4, 0.5) is 10.1 Å². The molecule has 1 unspecified atom stereocenters. The number of thiophene rings is 1. The number of aromatic nitrogens is 4. The number of ether oxygens (including phenoxy) is 3. The molecule has 2 atom stereocenters. The molecule has 12 heteroatoms. The van der Waals surface area contributed by atoms with Gasteiger partial charge in [0.2, 0.25) is 0 Å². The first-order valence-corrected chi connectivity index (χ1v) is 17.8.